The third-order valence-electron chi connectivity index (χ3n) is 3.82. The smallest absolute Gasteiger partial charge is 0.231 e. The standard InChI is InChI=1S/C14H18N2O3/c1-9-5-11-12(19-8-18-11)6-10(9)16-13(17)14(3-4-14)7-15-2/h5-6,15H,3-4,7-8H2,1-2H3,(H,16,17). The van der Waals surface area contributed by atoms with Gasteiger partial charge in [-0.3, -0.25) is 4.79 Å². The van der Waals surface area contributed by atoms with Crippen molar-refractivity contribution in [3.8, 4) is 11.5 Å². The second-order valence-corrected chi connectivity index (χ2v) is 5.29. The first kappa shape index (κ1) is 12.3. The van der Waals surface area contributed by atoms with Gasteiger partial charge in [0.05, 0.1) is 5.41 Å². The molecule has 1 aromatic rings. The molecule has 102 valence electrons. The number of amides is 1. The number of anilines is 1. The van der Waals surface area contributed by atoms with E-state index in [9.17, 15) is 4.79 Å². The average Bonchev–Trinajstić information content (AvgIpc) is 3.03. The third-order valence-corrected chi connectivity index (χ3v) is 3.82. The van der Waals surface area contributed by atoms with E-state index in [2.05, 4.69) is 10.6 Å². The van der Waals surface area contributed by atoms with Crippen LogP contribution >= 0.6 is 0 Å². The zero-order valence-corrected chi connectivity index (χ0v) is 11.2. The van der Waals surface area contributed by atoms with E-state index in [-0.39, 0.29) is 18.1 Å². The molecule has 1 aliphatic heterocycles. The van der Waals surface area contributed by atoms with Crippen LogP contribution in [0.5, 0.6) is 11.5 Å². The van der Waals surface area contributed by atoms with Crippen molar-refractivity contribution in [1.29, 1.82) is 0 Å². The van der Waals surface area contributed by atoms with Crippen molar-refractivity contribution in [2.45, 2.75) is 19.8 Å². The summed E-state index contributed by atoms with van der Waals surface area (Å²) in [5, 5.41) is 6.10. The lowest BCUT2D eigenvalue weighted by Gasteiger charge is -2.16. The van der Waals surface area contributed by atoms with Crippen LogP contribution in [0.3, 0.4) is 0 Å². The Morgan fingerprint density at radius 3 is 2.63 bits per heavy atom. The molecule has 2 aliphatic rings. The van der Waals surface area contributed by atoms with Crippen LogP contribution in [0.1, 0.15) is 18.4 Å². The third kappa shape index (κ3) is 2.14. The van der Waals surface area contributed by atoms with Gasteiger partial charge < -0.3 is 20.1 Å². The van der Waals surface area contributed by atoms with E-state index in [1.54, 1.807) is 0 Å². The van der Waals surface area contributed by atoms with E-state index in [4.69, 9.17) is 9.47 Å². The second-order valence-electron chi connectivity index (χ2n) is 5.29. The Bertz CT molecular complexity index is 524. The van der Waals surface area contributed by atoms with Crippen LogP contribution in [-0.2, 0) is 4.79 Å². The highest BCUT2D eigenvalue weighted by molar-refractivity contribution is 5.98. The topological polar surface area (TPSA) is 59.6 Å². The molecule has 3 rings (SSSR count). The van der Waals surface area contributed by atoms with Gasteiger partial charge in [-0.15, -0.1) is 0 Å². The summed E-state index contributed by atoms with van der Waals surface area (Å²) in [5.74, 6) is 1.52. The van der Waals surface area contributed by atoms with Gasteiger partial charge >= 0.3 is 0 Å². The maximum absolute atomic E-state index is 12.3. The molecule has 0 radical (unpaired) electrons. The number of hydrogen-bond donors (Lipinski definition) is 2. The number of carbonyl (C=O) groups excluding carboxylic acids is 1. The number of rotatable bonds is 4. The Kier molecular flexibility index (Phi) is 2.86. The summed E-state index contributed by atoms with van der Waals surface area (Å²) >= 11 is 0. The Balaban J connectivity index is 1.78. The fourth-order valence-corrected chi connectivity index (χ4v) is 2.41. The van der Waals surface area contributed by atoms with Crippen LogP contribution in [0.25, 0.3) is 0 Å². The van der Waals surface area contributed by atoms with Gasteiger partial charge in [0.1, 0.15) is 0 Å². The van der Waals surface area contributed by atoms with Gasteiger partial charge in [-0.1, -0.05) is 0 Å². The number of nitrogens with one attached hydrogen (secondary N) is 2. The van der Waals surface area contributed by atoms with Crippen molar-refractivity contribution >= 4 is 11.6 Å². The lowest BCUT2D eigenvalue weighted by atomic mass is 10.1. The highest BCUT2D eigenvalue weighted by atomic mass is 16.7. The number of hydrogen-bond acceptors (Lipinski definition) is 4. The first-order chi connectivity index (χ1) is 9.14. The maximum Gasteiger partial charge on any atom is 0.231 e. The van der Waals surface area contributed by atoms with Gasteiger partial charge in [-0.2, -0.15) is 0 Å². The predicted molar refractivity (Wildman–Crippen MR) is 71.5 cm³/mol. The minimum absolute atomic E-state index is 0.0869. The van der Waals surface area contributed by atoms with Gasteiger partial charge in [0.25, 0.3) is 0 Å². The van der Waals surface area contributed by atoms with Crippen LogP contribution in [-0.4, -0.2) is 26.3 Å². The zero-order valence-electron chi connectivity index (χ0n) is 11.2. The molecule has 0 bridgehead atoms. The summed E-state index contributed by atoms with van der Waals surface area (Å²) in [4.78, 5) is 12.3. The SMILES string of the molecule is CNCC1(C(=O)Nc2cc3c(cc2C)OCO3)CC1. The maximum atomic E-state index is 12.3. The van der Waals surface area contributed by atoms with Gasteiger partial charge in [0, 0.05) is 18.3 Å². The molecule has 1 fully saturated rings. The number of fused-ring (bicyclic) bond motifs is 1. The Morgan fingerprint density at radius 1 is 1.32 bits per heavy atom. The Hall–Kier alpha value is -1.75. The Labute approximate surface area is 112 Å². The number of aryl methyl sites for hydroxylation is 1. The highest BCUT2D eigenvalue weighted by Gasteiger charge is 2.49. The van der Waals surface area contributed by atoms with Gasteiger partial charge in [-0.05, 0) is 38.4 Å². The van der Waals surface area contributed by atoms with Crippen LogP contribution in [0.2, 0.25) is 0 Å². The summed E-state index contributed by atoms with van der Waals surface area (Å²) in [6.45, 7) is 2.92. The largest absolute Gasteiger partial charge is 0.454 e. The van der Waals surface area contributed by atoms with E-state index in [1.807, 2.05) is 26.1 Å². The first-order valence-corrected chi connectivity index (χ1v) is 6.51. The molecule has 5 heteroatoms. The highest BCUT2D eigenvalue weighted by Crippen LogP contribution is 2.46. The fraction of sp³-hybridized carbons (Fsp3) is 0.500. The molecule has 1 amide bonds. The van der Waals surface area contributed by atoms with Crippen LogP contribution in [0.15, 0.2) is 12.1 Å². The Morgan fingerprint density at radius 2 is 2.00 bits per heavy atom. The second kappa shape index (κ2) is 4.42. The van der Waals surface area contributed by atoms with Gasteiger partial charge in [-0.25, -0.2) is 0 Å². The molecule has 1 aliphatic carbocycles. The van der Waals surface area contributed by atoms with Crippen molar-refractivity contribution in [3.63, 3.8) is 0 Å². The average molecular weight is 262 g/mol. The van der Waals surface area contributed by atoms with Crippen LogP contribution in [0, 0.1) is 12.3 Å². The van der Waals surface area contributed by atoms with Gasteiger partial charge in [0.2, 0.25) is 12.7 Å². The van der Waals surface area contributed by atoms with Crippen molar-refractivity contribution in [2.75, 3.05) is 25.7 Å². The number of ether oxygens (including phenoxy) is 2. The molecule has 0 aromatic heterocycles. The molecule has 0 saturated heterocycles. The molecule has 0 spiro atoms. The van der Waals surface area contributed by atoms with E-state index >= 15 is 0 Å². The van der Waals surface area contributed by atoms with Gasteiger partial charge in [0.15, 0.2) is 11.5 Å². The summed E-state index contributed by atoms with van der Waals surface area (Å²) < 4.78 is 10.7. The van der Waals surface area contributed by atoms with Crippen LogP contribution < -0.4 is 20.1 Å². The molecular formula is C14H18N2O3. The fourth-order valence-electron chi connectivity index (χ4n) is 2.41. The molecule has 19 heavy (non-hydrogen) atoms. The molecule has 0 unspecified atom stereocenters. The summed E-state index contributed by atoms with van der Waals surface area (Å²) in [6.07, 6.45) is 1.90. The van der Waals surface area contributed by atoms with E-state index in [0.717, 1.165) is 36.4 Å². The first-order valence-electron chi connectivity index (χ1n) is 6.51. The molecule has 1 aromatic carbocycles. The molecule has 1 heterocycles. The minimum atomic E-state index is -0.225. The van der Waals surface area contributed by atoms with Crippen molar-refractivity contribution < 1.29 is 14.3 Å². The van der Waals surface area contributed by atoms with E-state index < -0.39 is 0 Å². The number of benzene rings is 1. The monoisotopic (exact) mass is 262 g/mol. The summed E-state index contributed by atoms with van der Waals surface area (Å²) in [5.41, 5.74) is 1.56. The zero-order chi connectivity index (χ0) is 13.5. The quantitative estimate of drug-likeness (QED) is 0.866. The molecular weight excluding hydrogens is 244 g/mol. The molecule has 2 N–H and O–H groups in total. The lowest BCUT2D eigenvalue weighted by molar-refractivity contribution is -0.120. The normalized spacial score (nSPS) is 18.2. The van der Waals surface area contributed by atoms with E-state index in [0.29, 0.717) is 5.75 Å². The van der Waals surface area contributed by atoms with E-state index in [1.165, 1.54) is 0 Å². The molecule has 5 nitrogen and oxygen atoms in total. The number of carbonyl (C=O) groups is 1. The van der Waals surface area contributed by atoms with Crippen molar-refractivity contribution in [1.82, 2.24) is 5.32 Å². The predicted octanol–water partition coefficient (Wildman–Crippen LogP) is 1.66. The summed E-state index contributed by atoms with van der Waals surface area (Å²) in [7, 11) is 1.87. The lowest BCUT2D eigenvalue weighted by Crippen LogP contribution is -2.32. The van der Waals surface area contributed by atoms with Crippen LogP contribution in [0.4, 0.5) is 5.69 Å². The van der Waals surface area contributed by atoms with Crippen molar-refractivity contribution in [2.24, 2.45) is 5.41 Å². The molecule has 1 saturated carbocycles. The molecule has 0 atom stereocenters. The van der Waals surface area contributed by atoms with Crippen molar-refractivity contribution in [3.05, 3.63) is 17.7 Å². The minimum Gasteiger partial charge on any atom is -0.454 e. The summed E-state index contributed by atoms with van der Waals surface area (Å²) in [6, 6.07) is 3.74.